The summed E-state index contributed by atoms with van der Waals surface area (Å²) in [6.45, 7) is 0.300. The summed E-state index contributed by atoms with van der Waals surface area (Å²) in [5.74, 6) is -0.245. The fraction of sp³-hybridized carbons (Fsp3) is 0.143. The molecule has 1 aromatic heterocycles. The number of hydrogen-bond acceptors (Lipinski definition) is 3. The van der Waals surface area contributed by atoms with Gasteiger partial charge < -0.3 is 10.4 Å². The zero-order chi connectivity index (χ0) is 8.81. The third-order valence-electron chi connectivity index (χ3n) is 1.23. The molecule has 1 aromatic rings. The van der Waals surface area contributed by atoms with Gasteiger partial charge in [0.25, 0.3) is 5.91 Å². The molecule has 0 bridgehead atoms. The van der Waals surface area contributed by atoms with Crippen molar-refractivity contribution in [1.29, 1.82) is 0 Å². The van der Waals surface area contributed by atoms with Crippen LogP contribution in [-0.2, 0) is 0 Å². The first-order valence-corrected chi connectivity index (χ1v) is 3.41. The van der Waals surface area contributed by atoms with Crippen molar-refractivity contribution in [3.05, 3.63) is 30.3 Å². The minimum absolute atomic E-state index is 0.245. The molecule has 12 heavy (non-hydrogen) atoms. The van der Waals surface area contributed by atoms with Crippen molar-refractivity contribution in [2.45, 2.75) is 0 Å². The molecule has 1 heterocycles. The van der Waals surface area contributed by atoms with Crippen LogP contribution in [0.3, 0.4) is 0 Å². The minimum atomic E-state index is -0.245. The number of hydrogen-bond donors (Lipinski definition) is 3. The van der Waals surface area contributed by atoms with Gasteiger partial charge in [-0.2, -0.15) is 5.10 Å². The molecule has 5 nitrogen and oxygen atoms in total. The number of carbonyl (C=O) groups is 1. The fourth-order valence-electron chi connectivity index (χ4n) is 0.682. The van der Waals surface area contributed by atoms with Crippen molar-refractivity contribution in [3.63, 3.8) is 0 Å². The van der Waals surface area contributed by atoms with E-state index in [9.17, 15) is 4.79 Å². The van der Waals surface area contributed by atoms with Gasteiger partial charge in [-0.25, -0.2) is 0 Å². The Morgan fingerprint density at radius 3 is 3.25 bits per heavy atom. The van der Waals surface area contributed by atoms with Gasteiger partial charge in [0.15, 0.2) is 0 Å². The molecule has 0 aliphatic rings. The lowest BCUT2D eigenvalue weighted by molar-refractivity contribution is 0.0953. The van der Waals surface area contributed by atoms with Crippen LogP contribution in [0.5, 0.6) is 0 Å². The van der Waals surface area contributed by atoms with Crippen LogP contribution in [0, 0.1) is 0 Å². The lowest BCUT2D eigenvalue weighted by atomic mass is 10.4. The average molecular weight is 167 g/mol. The second-order valence-electron chi connectivity index (χ2n) is 2.07. The molecule has 5 heteroatoms. The molecular formula is C7H9N3O2. The largest absolute Gasteiger partial charge is 0.516 e. The van der Waals surface area contributed by atoms with Gasteiger partial charge in [-0.3, -0.25) is 9.89 Å². The number of aromatic nitrogens is 2. The molecule has 0 aromatic carbocycles. The highest BCUT2D eigenvalue weighted by atomic mass is 16.2. The quantitative estimate of drug-likeness (QED) is 0.563. The van der Waals surface area contributed by atoms with Crippen LogP contribution in [0.25, 0.3) is 0 Å². The van der Waals surface area contributed by atoms with Gasteiger partial charge in [0.2, 0.25) is 0 Å². The maximum absolute atomic E-state index is 11.1. The van der Waals surface area contributed by atoms with Gasteiger partial charge in [0.05, 0.1) is 6.26 Å². The molecule has 0 aliphatic heterocycles. The van der Waals surface area contributed by atoms with E-state index in [1.54, 1.807) is 6.07 Å². The number of nitrogens with zero attached hydrogens (tertiary/aromatic N) is 1. The summed E-state index contributed by atoms with van der Waals surface area (Å²) in [5.41, 5.74) is 0.404. The molecule has 0 saturated heterocycles. The van der Waals surface area contributed by atoms with Gasteiger partial charge in [0, 0.05) is 12.7 Å². The number of aliphatic hydroxyl groups excluding tert-OH is 1. The van der Waals surface area contributed by atoms with Gasteiger partial charge in [-0.15, -0.1) is 0 Å². The van der Waals surface area contributed by atoms with Crippen molar-refractivity contribution in [3.8, 4) is 0 Å². The Morgan fingerprint density at radius 1 is 1.83 bits per heavy atom. The lowest BCUT2D eigenvalue weighted by Crippen LogP contribution is -2.23. The number of H-pyrrole nitrogens is 1. The normalized spacial score (nSPS) is 10.3. The van der Waals surface area contributed by atoms with E-state index >= 15 is 0 Å². The summed E-state index contributed by atoms with van der Waals surface area (Å²) in [6.07, 6.45) is 3.80. The van der Waals surface area contributed by atoms with Crippen molar-refractivity contribution in [1.82, 2.24) is 15.5 Å². The van der Waals surface area contributed by atoms with Gasteiger partial charge in [-0.05, 0) is 12.1 Å². The van der Waals surface area contributed by atoms with E-state index in [0.29, 0.717) is 12.2 Å². The first kappa shape index (κ1) is 8.32. The summed E-state index contributed by atoms with van der Waals surface area (Å²) in [4.78, 5) is 11.1. The number of nitrogens with one attached hydrogen (secondary N) is 2. The summed E-state index contributed by atoms with van der Waals surface area (Å²) in [7, 11) is 0. The van der Waals surface area contributed by atoms with E-state index in [2.05, 4.69) is 15.5 Å². The predicted octanol–water partition coefficient (Wildman–Crippen LogP) is 0.211. The highest BCUT2D eigenvalue weighted by Gasteiger charge is 2.03. The standard InChI is InChI=1S/C7H9N3O2/c11-5-1-3-8-7(12)6-2-4-9-10-6/h1-2,4-5,11H,3H2,(H,8,12)(H,9,10). The predicted molar refractivity (Wildman–Crippen MR) is 42.7 cm³/mol. The molecule has 0 aliphatic carbocycles. The van der Waals surface area contributed by atoms with Crippen molar-refractivity contribution >= 4 is 5.91 Å². The van der Waals surface area contributed by atoms with E-state index in [4.69, 9.17) is 5.11 Å². The van der Waals surface area contributed by atoms with Gasteiger partial charge in [0.1, 0.15) is 5.69 Å². The molecule has 3 N–H and O–H groups in total. The topological polar surface area (TPSA) is 78.0 Å². The van der Waals surface area contributed by atoms with Crippen LogP contribution in [0.1, 0.15) is 10.5 Å². The minimum Gasteiger partial charge on any atom is -0.516 e. The van der Waals surface area contributed by atoms with E-state index in [1.165, 1.54) is 12.3 Å². The number of rotatable bonds is 3. The van der Waals surface area contributed by atoms with Crippen LogP contribution in [0.2, 0.25) is 0 Å². The maximum Gasteiger partial charge on any atom is 0.269 e. The van der Waals surface area contributed by atoms with E-state index < -0.39 is 0 Å². The van der Waals surface area contributed by atoms with Crippen LogP contribution in [0.4, 0.5) is 0 Å². The Bertz CT molecular complexity index is 266. The van der Waals surface area contributed by atoms with E-state index in [0.717, 1.165) is 6.26 Å². The van der Waals surface area contributed by atoms with E-state index in [-0.39, 0.29) is 5.91 Å². The number of amides is 1. The van der Waals surface area contributed by atoms with Crippen LogP contribution >= 0.6 is 0 Å². The highest BCUT2D eigenvalue weighted by Crippen LogP contribution is 1.89. The van der Waals surface area contributed by atoms with Crippen molar-refractivity contribution < 1.29 is 9.90 Å². The summed E-state index contributed by atoms with van der Waals surface area (Å²) in [5, 5.41) is 16.9. The second kappa shape index (κ2) is 4.17. The van der Waals surface area contributed by atoms with E-state index in [1.807, 2.05) is 0 Å². The molecule has 0 spiro atoms. The molecule has 1 rings (SSSR count). The Kier molecular flexibility index (Phi) is 2.89. The van der Waals surface area contributed by atoms with Gasteiger partial charge >= 0.3 is 0 Å². The Hall–Kier alpha value is -1.78. The summed E-state index contributed by atoms with van der Waals surface area (Å²) in [6, 6.07) is 1.57. The number of aliphatic hydroxyl groups is 1. The summed E-state index contributed by atoms with van der Waals surface area (Å²) >= 11 is 0. The van der Waals surface area contributed by atoms with Crippen molar-refractivity contribution in [2.24, 2.45) is 0 Å². The average Bonchev–Trinajstić information content (AvgIpc) is 2.56. The molecule has 1 amide bonds. The molecule has 0 saturated carbocycles. The monoisotopic (exact) mass is 167 g/mol. The molecule has 0 fully saturated rings. The smallest absolute Gasteiger partial charge is 0.269 e. The third kappa shape index (κ3) is 2.12. The van der Waals surface area contributed by atoms with Crippen molar-refractivity contribution in [2.75, 3.05) is 6.54 Å². The highest BCUT2D eigenvalue weighted by molar-refractivity contribution is 5.92. The Morgan fingerprint density at radius 2 is 2.67 bits per heavy atom. The molecular weight excluding hydrogens is 158 g/mol. The first-order chi connectivity index (χ1) is 5.84. The third-order valence-corrected chi connectivity index (χ3v) is 1.23. The number of aromatic amines is 1. The summed E-state index contributed by atoms with van der Waals surface area (Å²) < 4.78 is 0. The van der Waals surface area contributed by atoms with Gasteiger partial charge in [-0.1, -0.05) is 0 Å². The first-order valence-electron chi connectivity index (χ1n) is 3.41. The second-order valence-corrected chi connectivity index (χ2v) is 2.07. The van der Waals surface area contributed by atoms with Crippen LogP contribution in [-0.4, -0.2) is 27.8 Å². The molecule has 0 atom stereocenters. The zero-order valence-electron chi connectivity index (χ0n) is 6.32. The molecule has 0 radical (unpaired) electrons. The maximum atomic E-state index is 11.1. The SMILES string of the molecule is O=C(NCC=CO)c1ccn[nH]1. The molecule has 0 unspecified atom stereocenters. The zero-order valence-corrected chi connectivity index (χ0v) is 6.32. The Balaban J connectivity index is 2.40. The lowest BCUT2D eigenvalue weighted by Gasteiger charge is -1.96. The van der Waals surface area contributed by atoms with Crippen LogP contribution in [0.15, 0.2) is 24.6 Å². The molecule has 64 valence electrons. The Labute approximate surface area is 69.1 Å². The number of carbonyl (C=O) groups excluding carboxylic acids is 1. The van der Waals surface area contributed by atoms with Crippen LogP contribution < -0.4 is 5.32 Å². The fourth-order valence-corrected chi connectivity index (χ4v) is 0.682.